The minimum Gasteiger partial charge on any atom is -0.497 e. The Balaban J connectivity index is 2.15. The first kappa shape index (κ1) is 13.7. The van der Waals surface area contributed by atoms with Gasteiger partial charge in [-0.25, -0.2) is 9.78 Å². The second-order valence-corrected chi connectivity index (χ2v) is 5.38. The van der Waals surface area contributed by atoms with Gasteiger partial charge in [0.1, 0.15) is 11.6 Å². The highest BCUT2D eigenvalue weighted by Crippen LogP contribution is 2.33. The van der Waals surface area contributed by atoms with Crippen LogP contribution in [-0.4, -0.2) is 27.7 Å². The van der Waals surface area contributed by atoms with Crippen molar-refractivity contribution in [1.29, 1.82) is 0 Å². The topological polar surface area (TPSA) is 64.3 Å². The van der Waals surface area contributed by atoms with Gasteiger partial charge in [-0.15, -0.1) is 0 Å². The molecule has 0 spiro atoms. The summed E-state index contributed by atoms with van der Waals surface area (Å²) in [6.07, 6.45) is 2.83. The largest absolute Gasteiger partial charge is 0.497 e. The van der Waals surface area contributed by atoms with Gasteiger partial charge in [0, 0.05) is 11.6 Å². The minimum atomic E-state index is -0.951. The zero-order valence-electron chi connectivity index (χ0n) is 12.2. The van der Waals surface area contributed by atoms with E-state index < -0.39 is 5.97 Å². The van der Waals surface area contributed by atoms with E-state index in [1.54, 1.807) is 7.11 Å². The fourth-order valence-corrected chi connectivity index (χ4v) is 2.99. The zero-order chi connectivity index (χ0) is 15.0. The van der Waals surface area contributed by atoms with Crippen LogP contribution in [0.1, 0.15) is 42.0 Å². The highest BCUT2D eigenvalue weighted by molar-refractivity contribution is 5.88. The van der Waals surface area contributed by atoms with E-state index in [-0.39, 0.29) is 11.7 Å². The van der Waals surface area contributed by atoms with Gasteiger partial charge in [-0.2, -0.15) is 0 Å². The molecule has 21 heavy (non-hydrogen) atoms. The Morgan fingerprint density at radius 2 is 2.10 bits per heavy atom. The van der Waals surface area contributed by atoms with E-state index in [1.807, 2.05) is 24.3 Å². The van der Waals surface area contributed by atoms with E-state index in [2.05, 4.69) is 16.5 Å². The van der Waals surface area contributed by atoms with Crippen LogP contribution >= 0.6 is 0 Å². The molecular formula is C16H18N2O3. The normalized spacial score (nSPS) is 17.3. The van der Waals surface area contributed by atoms with E-state index >= 15 is 0 Å². The molecule has 0 bridgehead atoms. The molecule has 0 aliphatic carbocycles. The molecule has 1 aliphatic heterocycles. The summed E-state index contributed by atoms with van der Waals surface area (Å²) in [6.45, 7) is 2.11. The van der Waals surface area contributed by atoms with Crippen molar-refractivity contribution in [3.63, 3.8) is 0 Å². The van der Waals surface area contributed by atoms with Gasteiger partial charge in [-0.1, -0.05) is 0 Å². The molecule has 1 atom stereocenters. The molecule has 2 aromatic rings. The van der Waals surface area contributed by atoms with Crippen molar-refractivity contribution in [3.05, 3.63) is 35.7 Å². The second kappa shape index (κ2) is 5.24. The number of imidazole rings is 1. The number of methoxy groups -OCH3 is 1. The molecule has 1 aromatic heterocycles. The van der Waals surface area contributed by atoms with Crippen LogP contribution in [0.2, 0.25) is 0 Å². The highest BCUT2D eigenvalue weighted by Gasteiger charge is 2.27. The first-order valence-corrected chi connectivity index (χ1v) is 7.10. The highest BCUT2D eigenvalue weighted by atomic mass is 16.5. The van der Waals surface area contributed by atoms with Gasteiger partial charge < -0.3 is 14.4 Å². The molecule has 1 unspecified atom stereocenters. The van der Waals surface area contributed by atoms with Crippen LogP contribution in [0.25, 0.3) is 11.4 Å². The molecule has 5 heteroatoms. The van der Waals surface area contributed by atoms with Crippen molar-refractivity contribution in [2.45, 2.75) is 32.2 Å². The molecular weight excluding hydrogens is 268 g/mol. The molecule has 0 fully saturated rings. The summed E-state index contributed by atoms with van der Waals surface area (Å²) < 4.78 is 7.24. The summed E-state index contributed by atoms with van der Waals surface area (Å²) >= 11 is 0. The molecule has 0 saturated heterocycles. The third-order valence-electron chi connectivity index (χ3n) is 4.04. The first-order valence-electron chi connectivity index (χ1n) is 7.10. The van der Waals surface area contributed by atoms with E-state index in [4.69, 9.17) is 4.74 Å². The lowest BCUT2D eigenvalue weighted by molar-refractivity contribution is 0.0689. The average molecular weight is 286 g/mol. The van der Waals surface area contributed by atoms with Gasteiger partial charge >= 0.3 is 5.97 Å². The Hall–Kier alpha value is -2.30. The average Bonchev–Trinajstić information content (AvgIpc) is 2.88. The number of aromatic carboxylic acids is 1. The third kappa shape index (κ3) is 2.28. The SMILES string of the molecule is COc1ccc(-c2nc(C(=O)O)c3n2C(C)CCC3)cc1. The second-order valence-electron chi connectivity index (χ2n) is 5.38. The van der Waals surface area contributed by atoms with Crippen molar-refractivity contribution >= 4 is 5.97 Å². The monoisotopic (exact) mass is 286 g/mol. The van der Waals surface area contributed by atoms with E-state index in [0.29, 0.717) is 0 Å². The summed E-state index contributed by atoms with van der Waals surface area (Å²) in [6, 6.07) is 7.84. The molecule has 0 amide bonds. The number of carbonyl (C=O) groups is 1. The van der Waals surface area contributed by atoms with Crippen molar-refractivity contribution < 1.29 is 14.6 Å². The van der Waals surface area contributed by atoms with Crippen LogP contribution in [0.15, 0.2) is 24.3 Å². The maximum absolute atomic E-state index is 11.4. The molecule has 1 aromatic carbocycles. The molecule has 5 nitrogen and oxygen atoms in total. The van der Waals surface area contributed by atoms with Gasteiger partial charge in [-0.3, -0.25) is 0 Å². The zero-order valence-corrected chi connectivity index (χ0v) is 12.2. The van der Waals surface area contributed by atoms with Crippen molar-refractivity contribution in [3.8, 4) is 17.1 Å². The van der Waals surface area contributed by atoms with Crippen LogP contribution in [0.3, 0.4) is 0 Å². The van der Waals surface area contributed by atoms with Crippen molar-refractivity contribution in [1.82, 2.24) is 9.55 Å². The van der Waals surface area contributed by atoms with Gasteiger partial charge in [0.25, 0.3) is 0 Å². The van der Waals surface area contributed by atoms with E-state index in [1.165, 1.54) is 0 Å². The number of carboxylic acid groups (broad SMARTS) is 1. The Morgan fingerprint density at radius 3 is 2.71 bits per heavy atom. The summed E-state index contributed by atoms with van der Waals surface area (Å²) in [4.78, 5) is 15.8. The number of fused-ring (bicyclic) bond motifs is 1. The lowest BCUT2D eigenvalue weighted by atomic mass is 10.0. The van der Waals surface area contributed by atoms with Crippen LogP contribution in [0, 0.1) is 0 Å². The number of hydrogen-bond acceptors (Lipinski definition) is 3. The molecule has 110 valence electrons. The van der Waals surface area contributed by atoms with Crippen LogP contribution in [0.4, 0.5) is 0 Å². The van der Waals surface area contributed by atoms with E-state index in [9.17, 15) is 9.90 Å². The van der Waals surface area contributed by atoms with Crippen LogP contribution in [0.5, 0.6) is 5.75 Å². The minimum absolute atomic E-state index is 0.187. The lowest BCUT2D eigenvalue weighted by Gasteiger charge is -2.24. The van der Waals surface area contributed by atoms with Gasteiger partial charge in [0.2, 0.25) is 0 Å². The molecule has 0 saturated carbocycles. The predicted octanol–water partition coefficient (Wildman–Crippen LogP) is 3.15. The summed E-state index contributed by atoms with van der Waals surface area (Å²) in [5.74, 6) is 0.556. The van der Waals surface area contributed by atoms with Crippen molar-refractivity contribution in [2.75, 3.05) is 7.11 Å². The molecule has 2 heterocycles. The van der Waals surface area contributed by atoms with Gasteiger partial charge in [0.05, 0.1) is 12.8 Å². The number of benzene rings is 1. The summed E-state index contributed by atoms with van der Waals surface area (Å²) in [5, 5.41) is 9.37. The predicted molar refractivity (Wildman–Crippen MR) is 78.8 cm³/mol. The Kier molecular flexibility index (Phi) is 3.41. The number of aromatic nitrogens is 2. The summed E-state index contributed by atoms with van der Waals surface area (Å²) in [5.41, 5.74) is 1.94. The molecule has 1 N–H and O–H groups in total. The van der Waals surface area contributed by atoms with Gasteiger partial charge in [-0.05, 0) is 50.5 Å². The number of hydrogen-bond donors (Lipinski definition) is 1. The standard InChI is InChI=1S/C16H18N2O3/c1-10-4-3-5-13-14(16(19)20)17-15(18(10)13)11-6-8-12(21-2)9-7-11/h6-10H,3-5H2,1-2H3,(H,19,20). The quantitative estimate of drug-likeness (QED) is 0.941. The fraction of sp³-hybridized carbons (Fsp3) is 0.375. The molecule has 0 radical (unpaired) electrons. The maximum atomic E-state index is 11.4. The maximum Gasteiger partial charge on any atom is 0.356 e. The number of ether oxygens (including phenoxy) is 1. The number of carboxylic acids is 1. The Morgan fingerprint density at radius 1 is 1.38 bits per heavy atom. The van der Waals surface area contributed by atoms with Crippen LogP contribution < -0.4 is 4.74 Å². The Bertz CT molecular complexity index is 674. The third-order valence-corrected chi connectivity index (χ3v) is 4.04. The molecule has 3 rings (SSSR count). The number of nitrogens with zero attached hydrogens (tertiary/aromatic N) is 2. The molecule has 1 aliphatic rings. The Labute approximate surface area is 123 Å². The first-order chi connectivity index (χ1) is 10.1. The van der Waals surface area contributed by atoms with Crippen LogP contribution in [-0.2, 0) is 6.42 Å². The number of rotatable bonds is 3. The van der Waals surface area contributed by atoms with E-state index in [0.717, 1.165) is 42.1 Å². The lowest BCUT2D eigenvalue weighted by Crippen LogP contribution is -2.17. The summed E-state index contributed by atoms with van der Waals surface area (Å²) in [7, 11) is 1.62. The van der Waals surface area contributed by atoms with Crippen molar-refractivity contribution in [2.24, 2.45) is 0 Å². The van der Waals surface area contributed by atoms with Gasteiger partial charge in [0.15, 0.2) is 5.69 Å². The smallest absolute Gasteiger partial charge is 0.356 e. The fourth-order valence-electron chi connectivity index (χ4n) is 2.99.